The van der Waals surface area contributed by atoms with Crippen molar-refractivity contribution in [3.05, 3.63) is 0 Å². The van der Waals surface area contributed by atoms with Crippen LogP contribution >= 0.6 is 0 Å². The van der Waals surface area contributed by atoms with Crippen molar-refractivity contribution in [3.8, 4) is 0 Å². The molecule has 2 saturated heterocycles. The molecule has 0 bridgehead atoms. The zero-order valence-corrected chi connectivity index (χ0v) is 7.80. The maximum Gasteiger partial charge on any atom is 0.108 e. The normalized spacial score (nSPS) is 54.5. The minimum Gasteiger partial charge on any atom is -0.394 e. The van der Waals surface area contributed by atoms with Gasteiger partial charge in [-0.1, -0.05) is 0 Å². The van der Waals surface area contributed by atoms with Crippen LogP contribution in [0.3, 0.4) is 0 Å². The molecule has 1 saturated carbocycles. The summed E-state index contributed by atoms with van der Waals surface area (Å²) in [6, 6.07) is 0. The number of alkyl halides is 1. The molecule has 3 atom stereocenters. The van der Waals surface area contributed by atoms with Gasteiger partial charge in [0.2, 0.25) is 0 Å². The van der Waals surface area contributed by atoms with E-state index in [0.29, 0.717) is 0 Å². The van der Waals surface area contributed by atoms with Crippen molar-refractivity contribution >= 4 is 0 Å². The van der Waals surface area contributed by atoms with Gasteiger partial charge in [0.25, 0.3) is 0 Å². The van der Waals surface area contributed by atoms with Crippen LogP contribution in [0.15, 0.2) is 0 Å². The lowest BCUT2D eigenvalue weighted by Crippen LogP contribution is -2.41. The Hall–Kier alpha value is -0.150. The monoisotopic (exact) mass is 185 g/mol. The molecule has 0 radical (unpaired) electrons. The van der Waals surface area contributed by atoms with E-state index in [4.69, 9.17) is 0 Å². The average molecular weight is 185 g/mol. The van der Waals surface area contributed by atoms with Crippen molar-refractivity contribution in [2.75, 3.05) is 19.7 Å². The first-order valence-electron chi connectivity index (χ1n) is 5.21. The van der Waals surface area contributed by atoms with Crippen LogP contribution in [0, 0.1) is 5.41 Å². The van der Waals surface area contributed by atoms with E-state index in [0.717, 1.165) is 32.4 Å². The summed E-state index contributed by atoms with van der Waals surface area (Å²) in [5, 5.41) is 9.41. The van der Waals surface area contributed by atoms with Crippen molar-refractivity contribution < 1.29 is 9.50 Å². The highest BCUT2D eigenvalue weighted by Crippen LogP contribution is 2.61. The molecule has 0 amide bonds. The van der Waals surface area contributed by atoms with Gasteiger partial charge in [-0.25, -0.2) is 4.39 Å². The van der Waals surface area contributed by atoms with Gasteiger partial charge in [-0.15, -0.1) is 0 Å². The van der Waals surface area contributed by atoms with Crippen molar-refractivity contribution in [1.82, 2.24) is 4.90 Å². The molecule has 2 heterocycles. The van der Waals surface area contributed by atoms with Crippen molar-refractivity contribution in [2.45, 2.75) is 37.4 Å². The number of halogens is 1. The van der Waals surface area contributed by atoms with E-state index in [1.807, 2.05) is 0 Å². The molecule has 1 spiro atoms. The fraction of sp³-hybridized carbons (Fsp3) is 1.00. The quantitative estimate of drug-likeness (QED) is 0.657. The van der Waals surface area contributed by atoms with E-state index < -0.39 is 6.17 Å². The Bertz CT molecular complexity index is 247. The molecule has 3 fully saturated rings. The standard InChI is InChI=1S/C10H16FNO/c11-8-4-9(8)5-10(7-13)2-1-3-12(10)6-9/h8,13H,1-7H2/t8-,9+,10+/m1/s1. The van der Waals surface area contributed by atoms with E-state index in [2.05, 4.69) is 4.90 Å². The van der Waals surface area contributed by atoms with Gasteiger partial charge < -0.3 is 5.11 Å². The van der Waals surface area contributed by atoms with Crippen LogP contribution in [0.2, 0.25) is 0 Å². The SMILES string of the molecule is OC[C@@]12CCCN1C[C@]1(C[C@H]1F)C2. The summed E-state index contributed by atoms with van der Waals surface area (Å²) in [6.07, 6.45) is 3.30. The van der Waals surface area contributed by atoms with E-state index in [1.54, 1.807) is 0 Å². The van der Waals surface area contributed by atoms with Crippen LogP contribution < -0.4 is 0 Å². The fourth-order valence-corrected chi connectivity index (χ4v) is 3.41. The molecule has 1 N–H and O–H groups in total. The highest BCUT2D eigenvalue weighted by Gasteiger charge is 2.66. The Balaban J connectivity index is 1.86. The zero-order chi connectivity index (χ0) is 9.10. The predicted octanol–water partition coefficient (Wildman–Crippen LogP) is 0.945. The predicted molar refractivity (Wildman–Crippen MR) is 47.2 cm³/mol. The largest absolute Gasteiger partial charge is 0.394 e. The first-order chi connectivity index (χ1) is 6.21. The average Bonchev–Trinajstić information content (AvgIpc) is 2.43. The van der Waals surface area contributed by atoms with E-state index in [1.165, 1.54) is 6.42 Å². The third-order valence-electron chi connectivity index (χ3n) is 4.31. The maximum atomic E-state index is 13.2. The smallest absolute Gasteiger partial charge is 0.108 e. The molecule has 3 aliphatic rings. The third-order valence-corrected chi connectivity index (χ3v) is 4.31. The second-order valence-electron chi connectivity index (χ2n) is 5.12. The van der Waals surface area contributed by atoms with Gasteiger partial charge in [0, 0.05) is 17.5 Å². The van der Waals surface area contributed by atoms with Gasteiger partial charge in [-0.05, 0) is 32.2 Å². The number of rotatable bonds is 1. The summed E-state index contributed by atoms with van der Waals surface area (Å²) in [7, 11) is 0. The van der Waals surface area contributed by atoms with Crippen LogP contribution in [0.1, 0.15) is 25.7 Å². The first kappa shape index (κ1) is 8.18. The lowest BCUT2D eigenvalue weighted by molar-refractivity contribution is 0.0996. The van der Waals surface area contributed by atoms with E-state index in [-0.39, 0.29) is 17.6 Å². The van der Waals surface area contributed by atoms with Gasteiger partial charge >= 0.3 is 0 Å². The summed E-state index contributed by atoms with van der Waals surface area (Å²) in [6.45, 7) is 2.19. The van der Waals surface area contributed by atoms with Crippen molar-refractivity contribution in [3.63, 3.8) is 0 Å². The van der Waals surface area contributed by atoms with Crippen LogP contribution in [0.4, 0.5) is 4.39 Å². The van der Waals surface area contributed by atoms with Gasteiger partial charge in [0.15, 0.2) is 0 Å². The number of aliphatic hydroxyl groups excluding tert-OH is 1. The second kappa shape index (κ2) is 2.26. The molecule has 0 aromatic carbocycles. The third kappa shape index (κ3) is 0.895. The Kier molecular flexibility index (Phi) is 1.42. The second-order valence-corrected chi connectivity index (χ2v) is 5.12. The van der Waals surface area contributed by atoms with Gasteiger partial charge in [-0.2, -0.15) is 0 Å². The molecule has 1 aliphatic carbocycles. The molecule has 2 nitrogen and oxygen atoms in total. The molecule has 3 rings (SSSR count). The summed E-state index contributed by atoms with van der Waals surface area (Å²) >= 11 is 0. The van der Waals surface area contributed by atoms with Crippen LogP contribution in [-0.2, 0) is 0 Å². The van der Waals surface area contributed by atoms with Crippen molar-refractivity contribution in [2.24, 2.45) is 5.41 Å². The number of nitrogens with zero attached hydrogens (tertiary/aromatic N) is 1. The minimum atomic E-state index is -0.582. The van der Waals surface area contributed by atoms with Crippen molar-refractivity contribution in [1.29, 1.82) is 0 Å². The fourth-order valence-electron chi connectivity index (χ4n) is 3.41. The van der Waals surface area contributed by atoms with Gasteiger partial charge in [-0.3, -0.25) is 4.90 Å². The minimum absolute atomic E-state index is 0.0269. The number of hydrogen-bond donors (Lipinski definition) is 1. The molecule has 2 aliphatic heterocycles. The molecule has 13 heavy (non-hydrogen) atoms. The number of fused-ring (bicyclic) bond motifs is 1. The highest BCUT2D eigenvalue weighted by atomic mass is 19.1. The Labute approximate surface area is 77.7 Å². The Morgan fingerprint density at radius 3 is 2.85 bits per heavy atom. The number of aliphatic hydroxyl groups is 1. The summed E-state index contributed by atoms with van der Waals surface area (Å²) < 4.78 is 13.2. The van der Waals surface area contributed by atoms with Gasteiger partial charge in [0.1, 0.15) is 6.17 Å². The molecular weight excluding hydrogens is 169 g/mol. The van der Waals surface area contributed by atoms with E-state index >= 15 is 0 Å². The van der Waals surface area contributed by atoms with E-state index in [9.17, 15) is 9.50 Å². The molecular formula is C10H16FNO. The topological polar surface area (TPSA) is 23.5 Å². The maximum absolute atomic E-state index is 13.2. The zero-order valence-electron chi connectivity index (χ0n) is 7.80. The molecule has 0 aromatic rings. The first-order valence-corrected chi connectivity index (χ1v) is 5.21. The lowest BCUT2D eigenvalue weighted by Gasteiger charge is -2.29. The molecule has 74 valence electrons. The number of hydrogen-bond acceptors (Lipinski definition) is 2. The molecule has 0 unspecified atom stereocenters. The molecule has 3 heteroatoms. The lowest BCUT2D eigenvalue weighted by atomic mass is 9.89. The summed E-state index contributed by atoms with van der Waals surface area (Å²) in [4.78, 5) is 2.33. The van der Waals surface area contributed by atoms with Crippen LogP contribution in [-0.4, -0.2) is 41.4 Å². The summed E-state index contributed by atoms with van der Waals surface area (Å²) in [5.41, 5.74) is -0.0655. The Morgan fingerprint density at radius 1 is 1.54 bits per heavy atom. The molecule has 0 aromatic heterocycles. The van der Waals surface area contributed by atoms with Crippen LogP contribution in [0.25, 0.3) is 0 Å². The van der Waals surface area contributed by atoms with Crippen LogP contribution in [0.5, 0.6) is 0 Å². The van der Waals surface area contributed by atoms with Gasteiger partial charge in [0.05, 0.1) is 6.61 Å². The Morgan fingerprint density at radius 2 is 2.31 bits per heavy atom. The highest BCUT2D eigenvalue weighted by molar-refractivity contribution is 5.18. The summed E-state index contributed by atoms with van der Waals surface area (Å²) in [5.74, 6) is 0.